The monoisotopic (exact) mass is 341 g/mol. The maximum Gasteiger partial charge on any atom is 0.278 e. The lowest BCUT2D eigenvalue weighted by atomic mass is 10.0. The maximum atomic E-state index is 13.1. The average Bonchev–Trinajstić information content (AvgIpc) is 3.18. The summed E-state index contributed by atoms with van der Waals surface area (Å²) in [5.41, 5.74) is 3.03. The van der Waals surface area contributed by atoms with Crippen LogP contribution in [0.25, 0.3) is 11.6 Å². The van der Waals surface area contributed by atoms with Gasteiger partial charge in [0.2, 0.25) is 0 Å². The van der Waals surface area contributed by atoms with Crippen molar-refractivity contribution in [3.05, 3.63) is 52.7 Å². The molecule has 8 heteroatoms. The van der Waals surface area contributed by atoms with Gasteiger partial charge < -0.3 is 9.42 Å². The van der Waals surface area contributed by atoms with Crippen LogP contribution in [0.1, 0.15) is 27.4 Å². The molecule has 4 rings (SSSR count). The zero-order chi connectivity index (χ0) is 17.6. The summed E-state index contributed by atoms with van der Waals surface area (Å²) in [5, 5.41) is 8.30. The minimum absolute atomic E-state index is 0.137. The summed E-state index contributed by atoms with van der Waals surface area (Å²) in [6.45, 7) is 2.72. The van der Waals surface area contributed by atoms with Gasteiger partial charge in [-0.25, -0.2) is 4.39 Å². The summed E-state index contributed by atoms with van der Waals surface area (Å²) in [6, 6.07) is 5.58. The van der Waals surface area contributed by atoms with Crippen molar-refractivity contribution in [2.75, 3.05) is 6.54 Å². The van der Waals surface area contributed by atoms with Gasteiger partial charge in [0.1, 0.15) is 5.82 Å². The normalized spacial score (nSPS) is 13.8. The van der Waals surface area contributed by atoms with E-state index in [9.17, 15) is 9.18 Å². The van der Waals surface area contributed by atoms with Crippen LogP contribution in [0, 0.1) is 12.7 Å². The fraction of sp³-hybridized carbons (Fsp3) is 0.294. The number of aromatic nitrogens is 4. The molecule has 0 saturated heterocycles. The van der Waals surface area contributed by atoms with Crippen molar-refractivity contribution in [3.63, 3.8) is 0 Å². The van der Waals surface area contributed by atoms with Crippen molar-refractivity contribution in [2.24, 2.45) is 7.05 Å². The van der Waals surface area contributed by atoms with Crippen LogP contribution >= 0.6 is 0 Å². The molecule has 128 valence electrons. The van der Waals surface area contributed by atoms with Crippen molar-refractivity contribution in [2.45, 2.75) is 19.9 Å². The molecule has 0 radical (unpaired) electrons. The molecule has 0 bridgehead atoms. The third-order valence-electron chi connectivity index (χ3n) is 4.35. The lowest BCUT2D eigenvalue weighted by Crippen LogP contribution is -2.36. The molecule has 2 aromatic heterocycles. The zero-order valence-electron chi connectivity index (χ0n) is 13.9. The van der Waals surface area contributed by atoms with Gasteiger partial charge >= 0.3 is 0 Å². The van der Waals surface area contributed by atoms with E-state index in [1.54, 1.807) is 16.5 Å². The van der Waals surface area contributed by atoms with Crippen LogP contribution in [0.4, 0.5) is 4.39 Å². The minimum atomic E-state index is -0.362. The molecule has 25 heavy (non-hydrogen) atoms. The average molecular weight is 341 g/mol. The van der Waals surface area contributed by atoms with Crippen molar-refractivity contribution < 1.29 is 13.7 Å². The molecule has 1 aromatic carbocycles. The van der Waals surface area contributed by atoms with Crippen molar-refractivity contribution in [1.82, 2.24) is 24.8 Å². The Morgan fingerprint density at radius 1 is 1.28 bits per heavy atom. The van der Waals surface area contributed by atoms with Crippen LogP contribution in [-0.2, 0) is 20.0 Å². The van der Waals surface area contributed by atoms with Gasteiger partial charge in [0.15, 0.2) is 11.5 Å². The van der Waals surface area contributed by atoms with E-state index < -0.39 is 0 Å². The molecule has 0 spiro atoms. The molecule has 7 nitrogen and oxygen atoms in total. The molecule has 0 unspecified atom stereocenters. The Labute approximate surface area is 143 Å². The first kappa shape index (κ1) is 15.5. The fourth-order valence-electron chi connectivity index (χ4n) is 3.11. The number of hydrogen-bond acceptors (Lipinski definition) is 5. The van der Waals surface area contributed by atoms with E-state index in [2.05, 4.69) is 15.2 Å². The largest absolute Gasteiger partial charge is 0.334 e. The number of halogens is 1. The van der Waals surface area contributed by atoms with E-state index in [0.29, 0.717) is 42.5 Å². The molecule has 0 atom stereocenters. The molecule has 1 aliphatic heterocycles. The number of hydrogen-bond donors (Lipinski definition) is 0. The van der Waals surface area contributed by atoms with E-state index in [-0.39, 0.29) is 11.7 Å². The predicted molar refractivity (Wildman–Crippen MR) is 86.1 cm³/mol. The minimum Gasteiger partial charge on any atom is -0.334 e. The maximum absolute atomic E-state index is 13.1. The molecule has 1 amide bonds. The van der Waals surface area contributed by atoms with Gasteiger partial charge in [-0.2, -0.15) is 10.1 Å². The molecule has 3 heterocycles. The van der Waals surface area contributed by atoms with Gasteiger partial charge in [-0.3, -0.25) is 9.48 Å². The third kappa shape index (κ3) is 2.69. The van der Waals surface area contributed by atoms with E-state index in [0.717, 1.165) is 11.3 Å². The first-order valence-corrected chi connectivity index (χ1v) is 7.93. The molecule has 0 aliphatic carbocycles. The Hall–Kier alpha value is -3.03. The number of nitrogens with zero attached hydrogens (tertiary/aromatic N) is 5. The molecule has 0 fully saturated rings. The van der Waals surface area contributed by atoms with Crippen LogP contribution in [0.15, 0.2) is 28.8 Å². The summed E-state index contributed by atoms with van der Waals surface area (Å²) in [5.74, 6) is 0.385. The predicted octanol–water partition coefficient (Wildman–Crippen LogP) is 2.12. The van der Waals surface area contributed by atoms with Gasteiger partial charge in [0, 0.05) is 36.8 Å². The number of carbonyl (C=O) groups is 1. The Bertz CT molecular complexity index is 945. The van der Waals surface area contributed by atoms with Crippen LogP contribution in [-0.4, -0.2) is 37.3 Å². The van der Waals surface area contributed by atoms with E-state index in [1.807, 2.05) is 7.05 Å². The van der Waals surface area contributed by atoms with E-state index in [4.69, 9.17) is 4.52 Å². The number of benzene rings is 1. The van der Waals surface area contributed by atoms with Crippen molar-refractivity contribution in [1.29, 1.82) is 0 Å². The first-order chi connectivity index (χ1) is 12.0. The second-order valence-electron chi connectivity index (χ2n) is 6.03. The van der Waals surface area contributed by atoms with Crippen LogP contribution in [0.5, 0.6) is 0 Å². The highest BCUT2D eigenvalue weighted by molar-refractivity contribution is 5.94. The summed E-state index contributed by atoms with van der Waals surface area (Å²) >= 11 is 0. The van der Waals surface area contributed by atoms with Crippen LogP contribution in [0.3, 0.4) is 0 Å². The lowest BCUT2D eigenvalue weighted by Gasteiger charge is -2.27. The smallest absolute Gasteiger partial charge is 0.278 e. The molecule has 1 aliphatic rings. The molecule has 3 aromatic rings. The quantitative estimate of drug-likeness (QED) is 0.713. The van der Waals surface area contributed by atoms with Gasteiger partial charge in [-0.05, 0) is 31.2 Å². The Kier molecular flexibility index (Phi) is 3.60. The van der Waals surface area contributed by atoms with Crippen LogP contribution < -0.4 is 0 Å². The Morgan fingerprint density at radius 3 is 2.72 bits per heavy atom. The molecular formula is C17H16FN5O2. The van der Waals surface area contributed by atoms with Crippen molar-refractivity contribution in [3.8, 4) is 11.6 Å². The second kappa shape index (κ2) is 5.80. The summed E-state index contributed by atoms with van der Waals surface area (Å²) in [6.07, 6.45) is 0.679. The fourth-order valence-corrected chi connectivity index (χ4v) is 3.11. The van der Waals surface area contributed by atoms with E-state index in [1.165, 1.54) is 24.3 Å². The number of rotatable bonds is 2. The molecular weight excluding hydrogens is 325 g/mol. The summed E-state index contributed by atoms with van der Waals surface area (Å²) < 4.78 is 20.1. The van der Waals surface area contributed by atoms with Gasteiger partial charge in [0.05, 0.1) is 6.54 Å². The van der Waals surface area contributed by atoms with Crippen LogP contribution in [0.2, 0.25) is 0 Å². The highest BCUT2D eigenvalue weighted by atomic mass is 19.1. The van der Waals surface area contributed by atoms with E-state index >= 15 is 0 Å². The standard InChI is InChI=1S/C17H16FN5O2/c1-10-19-16(25-21-10)15-13-9-23(8-7-14(13)22(2)20-15)17(24)11-3-5-12(18)6-4-11/h3-6H,7-9H2,1-2H3. The van der Waals surface area contributed by atoms with Crippen molar-refractivity contribution >= 4 is 5.91 Å². The second-order valence-corrected chi connectivity index (χ2v) is 6.03. The number of fused-ring (bicyclic) bond motifs is 1. The lowest BCUT2D eigenvalue weighted by molar-refractivity contribution is 0.0733. The summed E-state index contributed by atoms with van der Waals surface area (Å²) in [4.78, 5) is 18.7. The third-order valence-corrected chi connectivity index (χ3v) is 4.35. The zero-order valence-corrected chi connectivity index (χ0v) is 13.9. The number of carbonyl (C=O) groups excluding carboxylic acids is 1. The Balaban J connectivity index is 1.66. The topological polar surface area (TPSA) is 77.0 Å². The highest BCUT2D eigenvalue weighted by Crippen LogP contribution is 2.29. The SMILES string of the molecule is Cc1noc(-c2nn(C)c3c2CN(C(=O)c2ccc(F)cc2)CC3)n1. The number of aryl methyl sites for hydroxylation is 2. The molecule has 0 saturated carbocycles. The first-order valence-electron chi connectivity index (χ1n) is 7.93. The van der Waals surface area contributed by atoms with Gasteiger partial charge in [-0.1, -0.05) is 5.16 Å². The summed E-state index contributed by atoms with van der Waals surface area (Å²) in [7, 11) is 1.86. The highest BCUT2D eigenvalue weighted by Gasteiger charge is 2.29. The number of amides is 1. The Morgan fingerprint density at radius 2 is 2.04 bits per heavy atom. The van der Waals surface area contributed by atoms with Gasteiger partial charge in [-0.15, -0.1) is 0 Å². The molecule has 0 N–H and O–H groups in total. The van der Waals surface area contributed by atoms with Gasteiger partial charge in [0.25, 0.3) is 11.8 Å².